The van der Waals surface area contributed by atoms with Crippen LogP contribution in [0.2, 0.25) is 0 Å². The van der Waals surface area contributed by atoms with Gasteiger partial charge in [0, 0.05) is 17.7 Å². The fourth-order valence-corrected chi connectivity index (χ4v) is 6.66. The Morgan fingerprint density at radius 2 is 1.60 bits per heavy atom. The second kappa shape index (κ2) is 9.36. The van der Waals surface area contributed by atoms with Gasteiger partial charge >= 0.3 is 5.97 Å². The number of fused-ring (bicyclic) bond motifs is 1. The van der Waals surface area contributed by atoms with Gasteiger partial charge in [-0.1, -0.05) is 39.0 Å². The minimum atomic E-state index is -0.669. The molecule has 0 N–H and O–H groups in total. The summed E-state index contributed by atoms with van der Waals surface area (Å²) in [7, 11) is 0. The fourth-order valence-electron chi connectivity index (χ4n) is 6.66. The van der Waals surface area contributed by atoms with Crippen LogP contribution in [0.3, 0.4) is 0 Å². The number of hydrogen-bond acceptors (Lipinski definition) is 2. The molecule has 0 spiro atoms. The molecule has 0 bridgehead atoms. The zero-order valence-corrected chi connectivity index (χ0v) is 18.5. The molecule has 1 aromatic rings. The zero-order chi connectivity index (χ0) is 21.3. The van der Waals surface area contributed by atoms with Crippen LogP contribution in [0.5, 0.6) is 5.75 Å². The van der Waals surface area contributed by atoms with Crippen molar-refractivity contribution in [3.8, 4) is 5.75 Å². The average molecular weight is 419 g/mol. The second-order valence-electron chi connectivity index (χ2n) is 10.2. The van der Waals surface area contributed by atoms with Crippen LogP contribution < -0.4 is 4.74 Å². The number of ether oxygens (including phenoxy) is 1. The highest BCUT2D eigenvalue weighted by Crippen LogP contribution is 2.50. The first-order valence-electron chi connectivity index (χ1n) is 12.1. The first kappa shape index (κ1) is 21.8. The van der Waals surface area contributed by atoms with Crippen LogP contribution in [0.15, 0.2) is 12.1 Å². The molecule has 3 aliphatic rings. The number of rotatable bonds is 4. The van der Waals surface area contributed by atoms with Gasteiger partial charge in [0.1, 0.15) is 17.4 Å². The van der Waals surface area contributed by atoms with Gasteiger partial charge in [-0.3, -0.25) is 4.79 Å². The molecule has 3 aliphatic carbocycles. The number of benzene rings is 1. The van der Waals surface area contributed by atoms with Crippen molar-refractivity contribution in [1.29, 1.82) is 0 Å². The number of halogens is 2. The highest BCUT2D eigenvalue weighted by atomic mass is 19.1. The molecule has 0 aromatic heterocycles. The van der Waals surface area contributed by atoms with E-state index in [-0.39, 0.29) is 23.2 Å². The van der Waals surface area contributed by atoms with Crippen LogP contribution in [0.1, 0.15) is 83.1 Å². The molecular formula is C26H36F2O2. The molecule has 4 atom stereocenters. The van der Waals surface area contributed by atoms with E-state index >= 15 is 0 Å². The van der Waals surface area contributed by atoms with Gasteiger partial charge in [0.25, 0.3) is 0 Å². The summed E-state index contributed by atoms with van der Waals surface area (Å²) in [5.41, 5.74) is -0.0428. The fraction of sp³-hybridized carbons (Fsp3) is 0.731. The maximum atomic E-state index is 13.8. The van der Waals surface area contributed by atoms with Crippen molar-refractivity contribution in [2.24, 2.45) is 35.5 Å². The topological polar surface area (TPSA) is 26.3 Å². The average Bonchev–Trinajstić information content (AvgIpc) is 2.76. The molecule has 1 aromatic carbocycles. The number of hydrogen-bond donors (Lipinski definition) is 0. The standard InChI is InChI=1S/C26H36F2O2/c1-3-17-7-9-18(10-8-17)19-11-12-22-20(13-19)5-4-6-23(22)26(29)30-21-14-24(27)16(2)25(28)15-21/h14-15,17-20,22-23H,3-13H2,1-2H3. The third-order valence-electron chi connectivity index (χ3n) is 8.60. The van der Waals surface area contributed by atoms with Crippen molar-refractivity contribution in [1.82, 2.24) is 0 Å². The zero-order valence-electron chi connectivity index (χ0n) is 18.5. The van der Waals surface area contributed by atoms with Gasteiger partial charge in [-0.15, -0.1) is 0 Å². The van der Waals surface area contributed by atoms with E-state index in [9.17, 15) is 13.6 Å². The summed E-state index contributed by atoms with van der Waals surface area (Å²) in [6, 6.07) is 2.25. The van der Waals surface area contributed by atoms with Crippen LogP contribution in [-0.4, -0.2) is 5.97 Å². The van der Waals surface area contributed by atoms with Crippen molar-refractivity contribution in [2.75, 3.05) is 0 Å². The molecule has 3 fully saturated rings. The summed E-state index contributed by atoms with van der Waals surface area (Å²) >= 11 is 0. The smallest absolute Gasteiger partial charge is 0.314 e. The Morgan fingerprint density at radius 1 is 0.933 bits per heavy atom. The van der Waals surface area contributed by atoms with Gasteiger partial charge in [-0.05, 0) is 75.0 Å². The van der Waals surface area contributed by atoms with Crippen molar-refractivity contribution in [2.45, 2.75) is 84.5 Å². The quantitative estimate of drug-likeness (QED) is 0.381. The van der Waals surface area contributed by atoms with Crippen LogP contribution in [0.4, 0.5) is 8.78 Å². The molecule has 4 rings (SSSR count). The number of esters is 1. The van der Waals surface area contributed by atoms with Gasteiger partial charge in [0.05, 0.1) is 5.92 Å². The lowest BCUT2D eigenvalue weighted by Gasteiger charge is -2.46. The van der Waals surface area contributed by atoms with Gasteiger partial charge in [0.2, 0.25) is 0 Å². The largest absolute Gasteiger partial charge is 0.426 e. The predicted octanol–water partition coefficient (Wildman–Crippen LogP) is 7.23. The highest BCUT2D eigenvalue weighted by Gasteiger charge is 2.43. The minimum Gasteiger partial charge on any atom is -0.426 e. The Labute approximate surface area is 179 Å². The van der Waals surface area contributed by atoms with Crippen molar-refractivity contribution in [3.05, 3.63) is 29.3 Å². The molecule has 0 amide bonds. The third kappa shape index (κ3) is 4.57. The van der Waals surface area contributed by atoms with E-state index in [1.54, 1.807) is 0 Å². The molecular weight excluding hydrogens is 382 g/mol. The summed E-state index contributed by atoms with van der Waals surface area (Å²) in [5, 5.41) is 0. The van der Waals surface area contributed by atoms with Gasteiger partial charge < -0.3 is 4.74 Å². The van der Waals surface area contributed by atoms with E-state index in [1.165, 1.54) is 58.3 Å². The van der Waals surface area contributed by atoms with E-state index in [0.717, 1.165) is 49.1 Å². The molecule has 0 radical (unpaired) electrons. The van der Waals surface area contributed by atoms with Crippen LogP contribution in [-0.2, 0) is 4.79 Å². The molecule has 0 heterocycles. The molecule has 3 saturated carbocycles. The molecule has 4 unspecified atom stereocenters. The SMILES string of the molecule is CCC1CCC(C2CCC3C(CCCC3C(=O)Oc3cc(F)c(C)c(F)c3)C2)CC1. The van der Waals surface area contributed by atoms with Gasteiger partial charge in [-0.2, -0.15) is 0 Å². The lowest BCUT2D eigenvalue weighted by molar-refractivity contribution is -0.144. The summed E-state index contributed by atoms with van der Waals surface area (Å²) in [6.45, 7) is 3.70. The summed E-state index contributed by atoms with van der Waals surface area (Å²) in [4.78, 5) is 12.9. The van der Waals surface area contributed by atoms with Crippen molar-refractivity contribution in [3.63, 3.8) is 0 Å². The first-order valence-corrected chi connectivity index (χ1v) is 12.1. The molecule has 0 saturated heterocycles. The van der Waals surface area contributed by atoms with Crippen molar-refractivity contribution < 1.29 is 18.3 Å². The first-order chi connectivity index (χ1) is 14.5. The Bertz CT molecular complexity index is 730. The third-order valence-corrected chi connectivity index (χ3v) is 8.60. The molecule has 4 heteroatoms. The lowest BCUT2D eigenvalue weighted by atomic mass is 9.59. The monoisotopic (exact) mass is 418 g/mol. The van der Waals surface area contributed by atoms with Gasteiger partial charge in [0.15, 0.2) is 0 Å². The Balaban J connectivity index is 1.37. The lowest BCUT2D eigenvalue weighted by Crippen LogP contribution is -2.40. The molecule has 166 valence electrons. The summed E-state index contributed by atoms with van der Waals surface area (Å²) < 4.78 is 33.1. The molecule has 30 heavy (non-hydrogen) atoms. The van der Waals surface area contributed by atoms with E-state index < -0.39 is 11.6 Å². The summed E-state index contributed by atoms with van der Waals surface area (Å²) in [5.74, 6) is 1.82. The molecule has 2 nitrogen and oxygen atoms in total. The van der Waals surface area contributed by atoms with Crippen LogP contribution >= 0.6 is 0 Å². The van der Waals surface area contributed by atoms with Gasteiger partial charge in [-0.25, -0.2) is 8.78 Å². The maximum absolute atomic E-state index is 13.8. The van der Waals surface area contributed by atoms with E-state index in [0.29, 0.717) is 11.8 Å². The van der Waals surface area contributed by atoms with E-state index in [4.69, 9.17) is 4.74 Å². The Hall–Kier alpha value is -1.45. The summed E-state index contributed by atoms with van der Waals surface area (Å²) in [6.07, 6.45) is 13.5. The Morgan fingerprint density at radius 3 is 2.27 bits per heavy atom. The maximum Gasteiger partial charge on any atom is 0.314 e. The van der Waals surface area contributed by atoms with E-state index in [1.807, 2.05) is 0 Å². The van der Waals surface area contributed by atoms with E-state index in [2.05, 4.69) is 6.92 Å². The normalized spacial score (nSPS) is 34.3. The second-order valence-corrected chi connectivity index (χ2v) is 10.2. The van der Waals surface area contributed by atoms with Crippen LogP contribution in [0, 0.1) is 54.1 Å². The molecule has 0 aliphatic heterocycles. The van der Waals surface area contributed by atoms with Crippen molar-refractivity contribution >= 4 is 5.97 Å². The van der Waals surface area contributed by atoms with Crippen LogP contribution in [0.25, 0.3) is 0 Å². The number of carbonyl (C=O) groups excluding carboxylic acids is 1. The predicted molar refractivity (Wildman–Crippen MR) is 114 cm³/mol. The highest BCUT2D eigenvalue weighted by molar-refractivity contribution is 5.75. The number of carbonyl (C=O) groups is 1. The minimum absolute atomic E-state index is 0.0101. The Kier molecular flexibility index (Phi) is 6.79.